The van der Waals surface area contributed by atoms with Crippen molar-refractivity contribution in [2.24, 2.45) is 5.73 Å². The fourth-order valence-electron chi connectivity index (χ4n) is 3.67. The smallest absolute Gasteiger partial charge is 0.243 e. The third-order valence-corrected chi connectivity index (χ3v) is 5.18. The number of nitrogens with two attached hydrogens (primary N) is 1. The summed E-state index contributed by atoms with van der Waals surface area (Å²) in [6.45, 7) is 1.93. The van der Waals surface area contributed by atoms with Gasteiger partial charge in [0.1, 0.15) is 11.9 Å². The molecule has 2 saturated heterocycles. The molecule has 2 aliphatic heterocycles. The number of nitrogens with one attached hydrogen (secondary N) is 3. The first-order valence-corrected chi connectivity index (χ1v) is 9.31. The van der Waals surface area contributed by atoms with Crippen LogP contribution in [0.25, 0.3) is 0 Å². The molecule has 0 aromatic heterocycles. The average Bonchev–Trinajstić information content (AvgIpc) is 3.16. The molecule has 5 N–H and O–H groups in total. The second kappa shape index (κ2) is 8.31. The van der Waals surface area contributed by atoms with Crippen molar-refractivity contribution in [3.05, 3.63) is 35.4 Å². The summed E-state index contributed by atoms with van der Waals surface area (Å²) in [6.07, 6.45) is 4.60. The highest BCUT2D eigenvalue weighted by Crippen LogP contribution is 2.21. The molecule has 2 amide bonds. The highest BCUT2D eigenvalue weighted by atomic mass is 16.2. The molecule has 0 radical (unpaired) electrons. The van der Waals surface area contributed by atoms with Crippen molar-refractivity contribution in [1.29, 1.82) is 5.41 Å². The summed E-state index contributed by atoms with van der Waals surface area (Å²) in [5.41, 5.74) is 7.04. The zero-order valence-electron chi connectivity index (χ0n) is 15.0. The number of rotatable bonds is 5. The van der Waals surface area contributed by atoms with Crippen LogP contribution in [0, 0.1) is 5.41 Å². The molecule has 2 aliphatic rings. The predicted octanol–water partition coefficient (Wildman–Crippen LogP) is 0.720. The topological polar surface area (TPSA) is 111 Å². The van der Waals surface area contributed by atoms with Crippen LogP contribution < -0.4 is 16.4 Å². The number of nitrogen functional groups attached to an aromatic ring is 1. The van der Waals surface area contributed by atoms with Gasteiger partial charge in [-0.25, -0.2) is 0 Å². The molecule has 0 unspecified atom stereocenters. The first kappa shape index (κ1) is 18.4. The number of carbonyl (C=O) groups excluding carboxylic acids is 2. The molecule has 0 aliphatic carbocycles. The number of benzene rings is 1. The molecule has 0 spiro atoms. The lowest BCUT2D eigenvalue weighted by molar-refractivity contribution is -0.140. The second-order valence-corrected chi connectivity index (χ2v) is 7.02. The molecular weight excluding hydrogens is 330 g/mol. The Morgan fingerprint density at radius 3 is 2.62 bits per heavy atom. The Bertz CT molecular complexity index is 667. The number of hydrogen-bond donors (Lipinski definition) is 4. The number of likely N-dealkylation sites (tertiary alicyclic amines) is 1. The van der Waals surface area contributed by atoms with Crippen molar-refractivity contribution in [2.45, 2.75) is 50.7 Å². The molecule has 26 heavy (non-hydrogen) atoms. The lowest BCUT2D eigenvalue weighted by atomic mass is 10.0. The van der Waals surface area contributed by atoms with Gasteiger partial charge in [-0.1, -0.05) is 30.7 Å². The Labute approximate surface area is 153 Å². The molecule has 3 rings (SSSR count). The van der Waals surface area contributed by atoms with Crippen LogP contribution in [0.1, 0.15) is 43.2 Å². The number of amides is 2. The number of piperidine rings is 1. The number of amidine groups is 1. The maximum Gasteiger partial charge on any atom is 0.243 e. The molecule has 2 fully saturated rings. The van der Waals surface area contributed by atoms with Crippen LogP contribution in [0.2, 0.25) is 0 Å². The Kier molecular flexibility index (Phi) is 5.88. The zero-order valence-corrected chi connectivity index (χ0v) is 15.0. The third kappa shape index (κ3) is 4.22. The van der Waals surface area contributed by atoms with Gasteiger partial charge < -0.3 is 21.3 Å². The number of hydrogen-bond acceptors (Lipinski definition) is 4. The van der Waals surface area contributed by atoms with Crippen molar-refractivity contribution in [2.75, 3.05) is 13.1 Å². The standard InChI is InChI=1S/C19H27N5O2/c20-17(21)14-8-6-13(7-9-14)12-23-18(25)16-5-3-11-24(16)19(26)15-4-1-2-10-22-15/h6-9,15-16,22H,1-5,10-12H2,(H3,20,21)(H,23,25)/t15-,16+/m1/s1. The summed E-state index contributed by atoms with van der Waals surface area (Å²) in [5, 5.41) is 13.6. The van der Waals surface area contributed by atoms with E-state index < -0.39 is 0 Å². The summed E-state index contributed by atoms with van der Waals surface area (Å²) in [5.74, 6) is -0.00696. The molecule has 0 bridgehead atoms. The molecule has 7 heteroatoms. The van der Waals surface area contributed by atoms with Gasteiger partial charge in [0.25, 0.3) is 0 Å². The van der Waals surface area contributed by atoms with E-state index in [2.05, 4.69) is 10.6 Å². The predicted molar refractivity (Wildman–Crippen MR) is 99.7 cm³/mol. The summed E-state index contributed by atoms with van der Waals surface area (Å²) in [6, 6.07) is 6.72. The fourth-order valence-corrected chi connectivity index (χ4v) is 3.67. The molecule has 1 aromatic rings. The van der Waals surface area contributed by atoms with Gasteiger partial charge in [-0.2, -0.15) is 0 Å². The fraction of sp³-hybridized carbons (Fsp3) is 0.526. The van der Waals surface area contributed by atoms with Gasteiger partial charge in [0, 0.05) is 18.7 Å². The number of nitrogens with zero attached hydrogens (tertiary/aromatic N) is 1. The maximum absolute atomic E-state index is 12.7. The Hall–Kier alpha value is -2.41. The lowest BCUT2D eigenvalue weighted by Crippen LogP contribution is -2.53. The molecule has 2 heterocycles. The normalized spacial score (nSPS) is 22.8. The quantitative estimate of drug-likeness (QED) is 0.459. The van der Waals surface area contributed by atoms with Crippen molar-refractivity contribution in [1.82, 2.24) is 15.5 Å². The minimum absolute atomic E-state index is 0.0250. The van der Waals surface area contributed by atoms with E-state index in [0.717, 1.165) is 37.8 Å². The minimum atomic E-state index is -0.372. The van der Waals surface area contributed by atoms with E-state index >= 15 is 0 Å². The van der Waals surface area contributed by atoms with Crippen molar-refractivity contribution >= 4 is 17.6 Å². The van der Waals surface area contributed by atoms with Crippen LogP contribution in [0.3, 0.4) is 0 Å². The van der Waals surface area contributed by atoms with Crippen molar-refractivity contribution in [3.63, 3.8) is 0 Å². The highest BCUT2D eigenvalue weighted by Gasteiger charge is 2.37. The molecule has 0 saturated carbocycles. The third-order valence-electron chi connectivity index (χ3n) is 5.18. The van der Waals surface area contributed by atoms with E-state index in [-0.39, 0.29) is 29.7 Å². The molecule has 1 aromatic carbocycles. The van der Waals surface area contributed by atoms with Crippen LogP contribution in [0.4, 0.5) is 0 Å². The maximum atomic E-state index is 12.7. The van der Waals surface area contributed by atoms with Crippen LogP contribution in [-0.4, -0.2) is 47.7 Å². The van der Waals surface area contributed by atoms with Crippen LogP contribution >= 0.6 is 0 Å². The van der Waals surface area contributed by atoms with E-state index in [1.54, 1.807) is 17.0 Å². The number of carbonyl (C=O) groups is 2. The Morgan fingerprint density at radius 1 is 1.19 bits per heavy atom. The molecular formula is C19H27N5O2. The Morgan fingerprint density at radius 2 is 1.96 bits per heavy atom. The van der Waals surface area contributed by atoms with Gasteiger partial charge in [-0.05, 0) is 37.8 Å². The zero-order chi connectivity index (χ0) is 18.5. The van der Waals surface area contributed by atoms with Crippen LogP contribution in [0.5, 0.6) is 0 Å². The van der Waals surface area contributed by atoms with E-state index in [4.69, 9.17) is 11.1 Å². The SMILES string of the molecule is N=C(N)c1ccc(CNC(=O)[C@@H]2CCCN2C(=O)[C@H]2CCCCN2)cc1. The van der Waals surface area contributed by atoms with Gasteiger partial charge in [0.2, 0.25) is 11.8 Å². The largest absolute Gasteiger partial charge is 0.384 e. The second-order valence-electron chi connectivity index (χ2n) is 7.02. The van der Waals surface area contributed by atoms with Gasteiger partial charge in [0.15, 0.2) is 0 Å². The monoisotopic (exact) mass is 357 g/mol. The summed E-state index contributed by atoms with van der Waals surface area (Å²) >= 11 is 0. The highest BCUT2D eigenvalue weighted by molar-refractivity contribution is 5.95. The average molecular weight is 357 g/mol. The van der Waals surface area contributed by atoms with Gasteiger partial charge in [-0.15, -0.1) is 0 Å². The molecule has 140 valence electrons. The first-order chi connectivity index (χ1) is 12.6. The summed E-state index contributed by atoms with van der Waals surface area (Å²) in [7, 11) is 0. The summed E-state index contributed by atoms with van der Waals surface area (Å²) < 4.78 is 0. The van der Waals surface area contributed by atoms with Gasteiger partial charge >= 0.3 is 0 Å². The van der Waals surface area contributed by atoms with Gasteiger partial charge in [0.05, 0.1) is 6.04 Å². The first-order valence-electron chi connectivity index (χ1n) is 9.31. The van der Waals surface area contributed by atoms with Crippen molar-refractivity contribution in [3.8, 4) is 0 Å². The van der Waals surface area contributed by atoms with E-state index in [0.29, 0.717) is 25.1 Å². The van der Waals surface area contributed by atoms with E-state index in [1.165, 1.54) is 0 Å². The van der Waals surface area contributed by atoms with Gasteiger partial charge in [-0.3, -0.25) is 15.0 Å². The van der Waals surface area contributed by atoms with Crippen molar-refractivity contribution < 1.29 is 9.59 Å². The Balaban J connectivity index is 1.56. The minimum Gasteiger partial charge on any atom is -0.384 e. The van der Waals surface area contributed by atoms with Crippen LogP contribution in [-0.2, 0) is 16.1 Å². The lowest BCUT2D eigenvalue weighted by Gasteiger charge is -2.30. The van der Waals surface area contributed by atoms with E-state index in [1.807, 2.05) is 12.1 Å². The van der Waals surface area contributed by atoms with E-state index in [9.17, 15) is 9.59 Å². The summed E-state index contributed by atoms with van der Waals surface area (Å²) in [4.78, 5) is 27.1. The molecule has 2 atom stereocenters. The van der Waals surface area contributed by atoms with Crippen LogP contribution in [0.15, 0.2) is 24.3 Å². The molecule has 7 nitrogen and oxygen atoms in total.